The first-order valence-corrected chi connectivity index (χ1v) is 7.22. The smallest absolute Gasteiger partial charge is 0.269 e. The van der Waals surface area contributed by atoms with Crippen molar-refractivity contribution in [3.05, 3.63) is 75.3 Å². The highest BCUT2D eigenvalue weighted by atomic mass is 16.6. The summed E-state index contributed by atoms with van der Waals surface area (Å²) in [5.41, 5.74) is 7.71. The molecule has 2 rings (SSSR count). The van der Waals surface area contributed by atoms with Crippen molar-refractivity contribution in [2.45, 2.75) is 19.5 Å². The molecule has 0 bridgehead atoms. The lowest BCUT2D eigenvalue weighted by atomic mass is 10.1. The van der Waals surface area contributed by atoms with E-state index in [1.807, 2.05) is 32.2 Å². The van der Waals surface area contributed by atoms with Gasteiger partial charge >= 0.3 is 0 Å². The van der Waals surface area contributed by atoms with Crippen molar-refractivity contribution in [2.24, 2.45) is 5.73 Å². The second kappa shape index (κ2) is 7.02. The van der Waals surface area contributed by atoms with Gasteiger partial charge in [0.1, 0.15) is 0 Å². The number of nitrogens with two attached hydrogens (primary N) is 1. The largest absolute Gasteiger partial charge is 0.366 e. The number of rotatable bonds is 6. The van der Waals surface area contributed by atoms with Gasteiger partial charge in [-0.1, -0.05) is 24.3 Å². The van der Waals surface area contributed by atoms with Crippen LogP contribution in [0.4, 0.5) is 5.69 Å². The second-order valence-corrected chi connectivity index (χ2v) is 5.50. The number of non-ortho nitro benzene ring substituents is 1. The van der Waals surface area contributed by atoms with E-state index in [1.165, 1.54) is 6.07 Å². The number of nitro benzene ring substituents is 1. The topological polar surface area (TPSA) is 89.5 Å². The number of primary amides is 1. The normalized spacial score (nSPS) is 12.1. The van der Waals surface area contributed by atoms with Crippen LogP contribution in [0.2, 0.25) is 0 Å². The second-order valence-electron chi connectivity index (χ2n) is 5.50. The number of benzene rings is 2. The number of nitrogens with zero attached hydrogens (tertiary/aromatic N) is 2. The number of hydrogen-bond acceptors (Lipinski definition) is 4. The molecule has 1 atom stereocenters. The molecule has 0 saturated heterocycles. The van der Waals surface area contributed by atoms with Crippen LogP contribution in [-0.4, -0.2) is 22.8 Å². The van der Waals surface area contributed by atoms with Gasteiger partial charge in [-0.25, -0.2) is 0 Å². The quantitative estimate of drug-likeness (QED) is 0.656. The van der Waals surface area contributed by atoms with Crippen molar-refractivity contribution in [1.29, 1.82) is 0 Å². The maximum atomic E-state index is 11.1. The monoisotopic (exact) mass is 313 g/mol. The Hall–Kier alpha value is -2.73. The van der Waals surface area contributed by atoms with Crippen LogP contribution in [-0.2, 0) is 6.54 Å². The van der Waals surface area contributed by atoms with E-state index in [4.69, 9.17) is 5.73 Å². The molecule has 2 aromatic rings. The number of carbonyl (C=O) groups is 1. The van der Waals surface area contributed by atoms with Crippen molar-refractivity contribution >= 4 is 11.6 Å². The summed E-state index contributed by atoms with van der Waals surface area (Å²) in [7, 11) is 1.95. The Morgan fingerprint density at radius 1 is 1.26 bits per heavy atom. The molecule has 0 aliphatic carbocycles. The molecule has 0 radical (unpaired) electrons. The summed E-state index contributed by atoms with van der Waals surface area (Å²) in [4.78, 5) is 23.6. The molecule has 0 fully saturated rings. The summed E-state index contributed by atoms with van der Waals surface area (Å²) in [6, 6.07) is 13.8. The lowest BCUT2D eigenvalue weighted by molar-refractivity contribution is -0.384. The summed E-state index contributed by atoms with van der Waals surface area (Å²) in [5, 5.41) is 10.9. The Morgan fingerprint density at radius 3 is 2.48 bits per heavy atom. The highest BCUT2D eigenvalue weighted by molar-refractivity contribution is 5.92. The van der Waals surface area contributed by atoms with Gasteiger partial charge in [0.15, 0.2) is 0 Å². The molecular formula is C17H19N3O3. The molecule has 2 N–H and O–H groups in total. The van der Waals surface area contributed by atoms with E-state index in [0.29, 0.717) is 12.1 Å². The first-order chi connectivity index (χ1) is 10.9. The average molecular weight is 313 g/mol. The third-order valence-electron chi connectivity index (χ3n) is 3.90. The molecule has 0 aliphatic rings. The zero-order valence-corrected chi connectivity index (χ0v) is 13.1. The van der Waals surface area contributed by atoms with Crippen LogP contribution in [0.15, 0.2) is 48.5 Å². The van der Waals surface area contributed by atoms with Gasteiger partial charge in [0.2, 0.25) is 5.91 Å². The Kier molecular flexibility index (Phi) is 5.08. The lowest BCUT2D eigenvalue weighted by Crippen LogP contribution is -2.22. The van der Waals surface area contributed by atoms with Gasteiger partial charge in [-0.15, -0.1) is 0 Å². The van der Waals surface area contributed by atoms with E-state index < -0.39 is 10.8 Å². The van der Waals surface area contributed by atoms with Crippen molar-refractivity contribution in [3.63, 3.8) is 0 Å². The summed E-state index contributed by atoms with van der Waals surface area (Å²) < 4.78 is 0. The van der Waals surface area contributed by atoms with Crippen LogP contribution in [0, 0.1) is 10.1 Å². The van der Waals surface area contributed by atoms with Gasteiger partial charge in [-0.3, -0.25) is 19.8 Å². The van der Waals surface area contributed by atoms with Crippen molar-refractivity contribution in [2.75, 3.05) is 7.05 Å². The van der Waals surface area contributed by atoms with Crippen molar-refractivity contribution in [1.82, 2.24) is 4.90 Å². The predicted molar refractivity (Wildman–Crippen MR) is 87.9 cm³/mol. The Morgan fingerprint density at radius 2 is 1.91 bits per heavy atom. The molecule has 0 heterocycles. The predicted octanol–water partition coefficient (Wildman–Crippen LogP) is 2.89. The standard InChI is InChI=1S/C17H19N3O3/c1-12(15-4-3-5-16(10-15)20(22)23)19(2)11-13-6-8-14(9-7-13)17(18)21/h3-10,12H,11H2,1-2H3,(H2,18,21). The molecule has 0 aromatic heterocycles. The SMILES string of the molecule is CC(c1cccc([N+](=O)[O-])c1)N(C)Cc1ccc(C(N)=O)cc1. The van der Waals surface area contributed by atoms with Gasteiger partial charge in [0.25, 0.3) is 5.69 Å². The number of hydrogen-bond donors (Lipinski definition) is 1. The fourth-order valence-corrected chi connectivity index (χ4v) is 2.35. The molecule has 0 saturated carbocycles. The van der Waals surface area contributed by atoms with Crippen LogP contribution in [0.3, 0.4) is 0 Å². The minimum atomic E-state index is -0.449. The van der Waals surface area contributed by atoms with Gasteiger partial charge in [-0.2, -0.15) is 0 Å². The molecular weight excluding hydrogens is 294 g/mol. The van der Waals surface area contributed by atoms with Gasteiger partial charge in [0.05, 0.1) is 4.92 Å². The summed E-state index contributed by atoms with van der Waals surface area (Å²) in [6.45, 7) is 2.65. The van der Waals surface area contributed by atoms with Crippen molar-refractivity contribution < 1.29 is 9.72 Å². The third kappa shape index (κ3) is 4.14. The Labute approximate surface area is 134 Å². The first-order valence-electron chi connectivity index (χ1n) is 7.22. The van der Waals surface area contributed by atoms with Crippen LogP contribution >= 0.6 is 0 Å². The summed E-state index contributed by atoms with van der Waals surface area (Å²) in [5.74, 6) is -0.449. The number of amides is 1. The zero-order valence-electron chi connectivity index (χ0n) is 13.1. The molecule has 120 valence electrons. The Balaban J connectivity index is 2.10. The molecule has 1 amide bonds. The molecule has 6 nitrogen and oxygen atoms in total. The van der Waals surface area contributed by atoms with Gasteiger partial charge in [-0.05, 0) is 37.2 Å². The molecule has 6 heteroatoms. The number of carbonyl (C=O) groups excluding carboxylic acids is 1. The fourth-order valence-electron chi connectivity index (χ4n) is 2.35. The first kappa shape index (κ1) is 16.6. The van der Waals surface area contributed by atoms with Crippen LogP contribution in [0.25, 0.3) is 0 Å². The van der Waals surface area contributed by atoms with E-state index in [2.05, 4.69) is 4.90 Å². The molecule has 23 heavy (non-hydrogen) atoms. The highest BCUT2D eigenvalue weighted by Crippen LogP contribution is 2.24. The van der Waals surface area contributed by atoms with Gasteiger partial charge in [0, 0.05) is 30.3 Å². The number of nitro groups is 1. The van der Waals surface area contributed by atoms with Crippen LogP contribution in [0.1, 0.15) is 34.5 Å². The van der Waals surface area contributed by atoms with Crippen LogP contribution < -0.4 is 5.73 Å². The van der Waals surface area contributed by atoms with Crippen LogP contribution in [0.5, 0.6) is 0 Å². The Bertz CT molecular complexity index is 713. The van der Waals surface area contributed by atoms with Crippen molar-refractivity contribution in [3.8, 4) is 0 Å². The van der Waals surface area contributed by atoms with E-state index in [9.17, 15) is 14.9 Å². The van der Waals surface area contributed by atoms with E-state index in [-0.39, 0.29) is 11.7 Å². The molecule has 0 aliphatic heterocycles. The maximum Gasteiger partial charge on any atom is 0.269 e. The molecule has 0 spiro atoms. The lowest BCUT2D eigenvalue weighted by Gasteiger charge is -2.25. The third-order valence-corrected chi connectivity index (χ3v) is 3.90. The maximum absolute atomic E-state index is 11.1. The van der Waals surface area contributed by atoms with E-state index >= 15 is 0 Å². The zero-order chi connectivity index (χ0) is 17.0. The molecule has 1 unspecified atom stereocenters. The van der Waals surface area contributed by atoms with E-state index in [1.54, 1.807) is 24.3 Å². The summed E-state index contributed by atoms with van der Waals surface area (Å²) >= 11 is 0. The average Bonchev–Trinajstić information content (AvgIpc) is 2.54. The van der Waals surface area contributed by atoms with Gasteiger partial charge < -0.3 is 5.73 Å². The molecule has 2 aromatic carbocycles. The van der Waals surface area contributed by atoms with E-state index in [0.717, 1.165) is 11.1 Å². The fraction of sp³-hybridized carbons (Fsp3) is 0.235. The minimum Gasteiger partial charge on any atom is -0.366 e. The minimum absolute atomic E-state index is 0.0192. The highest BCUT2D eigenvalue weighted by Gasteiger charge is 2.15. The summed E-state index contributed by atoms with van der Waals surface area (Å²) in [6.07, 6.45) is 0.